The van der Waals surface area contributed by atoms with Crippen molar-refractivity contribution in [2.75, 3.05) is 13.7 Å². The van der Waals surface area contributed by atoms with Gasteiger partial charge in [-0.2, -0.15) is 5.26 Å². The summed E-state index contributed by atoms with van der Waals surface area (Å²) in [6.45, 7) is 2.38. The maximum absolute atomic E-state index is 12.3. The van der Waals surface area contributed by atoms with Crippen LogP contribution in [0.1, 0.15) is 16.7 Å². The summed E-state index contributed by atoms with van der Waals surface area (Å²) in [5, 5.41) is 13.3. The second-order valence-corrected chi connectivity index (χ2v) is 6.26. The zero-order valence-electron chi connectivity index (χ0n) is 15.4. The number of para-hydroxylation sites is 1. The van der Waals surface area contributed by atoms with Crippen LogP contribution in [-0.4, -0.2) is 24.5 Å². The number of fused-ring (bicyclic) bond motifs is 1. The molecule has 1 heterocycles. The Bertz CT molecular complexity index is 1040. The van der Waals surface area contributed by atoms with Crippen molar-refractivity contribution in [3.63, 3.8) is 0 Å². The van der Waals surface area contributed by atoms with Gasteiger partial charge in [-0.15, -0.1) is 0 Å². The Kier molecular flexibility index (Phi) is 5.58. The van der Waals surface area contributed by atoms with Crippen LogP contribution in [0.3, 0.4) is 0 Å². The Labute approximate surface area is 158 Å². The molecule has 0 aliphatic carbocycles. The Morgan fingerprint density at radius 3 is 2.85 bits per heavy atom. The van der Waals surface area contributed by atoms with Crippen molar-refractivity contribution < 1.29 is 9.53 Å². The highest BCUT2D eigenvalue weighted by molar-refractivity contribution is 6.01. The molecule has 2 aromatic carbocycles. The van der Waals surface area contributed by atoms with Crippen molar-refractivity contribution in [3.8, 4) is 11.8 Å². The van der Waals surface area contributed by atoms with E-state index in [0.29, 0.717) is 13.0 Å². The van der Waals surface area contributed by atoms with Crippen LogP contribution in [-0.2, 0) is 11.2 Å². The smallest absolute Gasteiger partial charge is 0.261 e. The summed E-state index contributed by atoms with van der Waals surface area (Å²) in [5.74, 6) is 0.402. The summed E-state index contributed by atoms with van der Waals surface area (Å²) >= 11 is 0. The van der Waals surface area contributed by atoms with Crippen LogP contribution in [0, 0.1) is 18.3 Å². The minimum atomic E-state index is -0.370. The fourth-order valence-corrected chi connectivity index (χ4v) is 3.05. The lowest BCUT2D eigenvalue weighted by Gasteiger charge is -2.06. The minimum absolute atomic E-state index is 0.0819. The second kappa shape index (κ2) is 8.24. The van der Waals surface area contributed by atoms with E-state index >= 15 is 0 Å². The van der Waals surface area contributed by atoms with Crippen molar-refractivity contribution in [1.29, 1.82) is 5.26 Å². The molecule has 1 aromatic heterocycles. The van der Waals surface area contributed by atoms with Gasteiger partial charge < -0.3 is 15.0 Å². The fourth-order valence-electron chi connectivity index (χ4n) is 3.05. The SMILES string of the molecule is COc1ccc(/C=C(/C#N)C(=O)NCCc2c[nH]c3ccccc23)cc1C. The fraction of sp³-hybridized carbons (Fsp3) is 0.182. The van der Waals surface area contributed by atoms with Crippen LogP contribution < -0.4 is 10.1 Å². The quantitative estimate of drug-likeness (QED) is 0.520. The van der Waals surface area contributed by atoms with Crippen LogP contribution in [0.5, 0.6) is 5.75 Å². The molecular formula is C22H21N3O2. The van der Waals surface area contributed by atoms with Crippen LogP contribution >= 0.6 is 0 Å². The molecule has 0 aliphatic heterocycles. The van der Waals surface area contributed by atoms with Gasteiger partial charge in [0.05, 0.1) is 7.11 Å². The van der Waals surface area contributed by atoms with E-state index in [1.807, 2.05) is 55.6 Å². The number of amides is 1. The number of aromatic amines is 1. The van der Waals surface area contributed by atoms with E-state index in [-0.39, 0.29) is 11.5 Å². The lowest BCUT2D eigenvalue weighted by atomic mass is 10.1. The predicted octanol–water partition coefficient (Wildman–Crippen LogP) is 3.75. The third-order valence-electron chi connectivity index (χ3n) is 4.45. The molecule has 0 saturated carbocycles. The summed E-state index contributed by atoms with van der Waals surface area (Å²) in [7, 11) is 1.61. The highest BCUT2D eigenvalue weighted by Crippen LogP contribution is 2.20. The van der Waals surface area contributed by atoms with Crippen LogP contribution in [0.2, 0.25) is 0 Å². The number of nitrogens with zero attached hydrogens (tertiary/aromatic N) is 1. The van der Waals surface area contributed by atoms with Crippen molar-refractivity contribution in [3.05, 3.63) is 70.9 Å². The van der Waals surface area contributed by atoms with Gasteiger partial charge >= 0.3 is 0 Å². The van der Waals surface area contributed by atoms with Crippen molar-refractivity contribution in [2.24, 2.45) is 0 Å². The van der Waals surface area contributed by atoms with Gasteiger partial charge in [0.1, 0.15) is 17.4 Å². The number of nitrogens with one attached hydrogen (secondary N) is 2. The molecule has 0 saturated heterocycles. The number of nitriles is 1. The van der Waals surface area contributed by atoms with E-state index in [1.165, 1.54) is 0 Å². The average molecular weight is 359 g/mol. The third kappa shape index (κ3) is 4.18. The number of hydrogen-bond acceptors (Lipinski definition) is 3. The minimum Gasteiger partial charge on any atom is -0.496 e. The molecule has 0 spiro atoms. The van der Waals surface area contributed by atoms with Crippen molar-refractivity contribution >= 4 is 22.9 Å². The Hall–Kier alpha value is -3.52. The molecule has 0 aliphatic rings. The molecule has 136 valence electrons. The van der Waals surface area contributed by atoms with Crippen LogP contribution in [0.4, 0.5) is 0 Å². The van der Waals surface area contributed by atoms with E-state index in [0.717, 1.165) is 33.3 Å². The van der Waals surface area contributed by atoms with E-state index in [2.05, 4.69) is 16.4 Å². The van der Waals surface area contributed by atoms with Crippen molar-refractivity contribution in [2.45, 2.75) is 13.3 Å². The Morgan fingerprint density at radius 1 is 1.30 bits per heavy atom. The lowest BCUT2D eigenvalue weighted by Crippen LogP contribution is -2.26. The van der Waals surface area contributed by atoms with Gasteiger partial charge in [0.15, 0.2) is 0 Å². The Morgan fingerprint density at radius 2 is 2.11 bits per heavy atom. The van der Waals surface area contributed by atoms with Gasteiger partial charge in [0.2, 0.25) is 0 Å². The van der Waals surface area contributed by atoms with Crippen molar-refractivity contribution in [1.82, 2.24) is 10.3 Å². The number of benzene rings is 2. The monoisotopic (exact) mass is 359 g/mol. The second-order valence-electron chi connectivity index (χ2n) is 6.26. The van der Waals surface area contributed by atoms with Gasteiger partial charge in [-0.3, -0.25) is 4.79 Å². The standard InChI is InChI=1S/C22H21N3O2/c1-15-11-16(7-8-21(15)27-2)12-18(13-23)22(26)24-10-9-17-14-25-20-6-4-3-5-19(17)20/h3-8,11-12,14,25H,9-10H2,1-2H3,(H,24,26)/b18-12-. The molecule has 0 unspecified atom stereocenters. The molecule has 5 heteroatoms. The van der Waals surface area contributed by atoms with E-state index < -0.39 is 0 Å². The summed E-state index contributed by atoms with van der Waals surface area (Å²) in [4.78, 5) is 15.6. The molecule has 3 aromatic rings. The molecular weight excluding hydrogens is 338 g/mol. The molecule has 0 atom stereocenters. The molecule has 0 bridgehead atoms. The first-order chi connectivity index (χ1) is 13.1. The molecule has 2 N–H and O–H groups in total. The zero-order valence-corrected chi connectivity index (χ0v) is 15.4. The third-order valence-corrected chi connectivity index (χ3v) is 4.45. The van der Waals surface area contributed by atoms with Crippen LogP contribution in [0.25, 0.3) is 17.0 Å². The number of H-pyrrole nitrogens is 1. The topological polar surface area (TPSA) is 77.9 Å². The average Bonchev–Trinajstić information content (AvgIpc) is 3.09. The number of rotatable bonds is 6. The number of carbonyl (C=O) groups is 1. The summed E-state index contributed by atoms with van der Waals surface area (Å²) in [6, 6.07) is 15.6. The van der Waals surface area contributed by atoms with Crippen LogP contribution in [0.15, 0.2) is 54.2 Å². The number of ether oxygens (including phenoxy) is 1. The summed E-state index contributed by atoms with van der Waals surface area (Å²) in [6.07, 6.45) is 4.24. The molecule has 27 heavy (non-hydrogen) atoms. The first kappa shape index (κ1) is 18.3. The van der Waals surface area contributed by atoms with Gasteiger partial charge in [-0.25, -0.2) is 0 Å². The highest BCUT2D eigenvalue weighted by Gasteiger charge is 2.10. The molecule has 0 fully saturated rings. The van der Waals surface area contributed by atoms with E-state index in [1.54, 1.807) is 13.2 Å². The lowest BCUT2D eigenvalue weighted by molar-refractivity contribution is -0.117. The zero-order chi connectivity index (χ0) is 19.2. The molecule has 0 radical (unpaired) electrons. The summed E-state index contributed by atoms with van der Waals surface area (Å²) < 4.78 is 5.23. The normalized spacial score (nSPS) is 11.2. The number of aryl methyl sites for hydroxylation is 1. The number of aromatic nitrogens is 1. The van der Waals surface area contributed by atoms with Gasteiger partial charge in [-0.1, -0.05) is 24.3 Å². The van der Waals surface area contributed by atoms with E-state index in [9.17, 15) is 10.1 Å². The Balaban J connectivity index is 1.65. The first-order valence-corrected chi connectivity index (χ1v) is 8.72. The first-order valence-electron chi connectivity index (χ1n) is 8.72. The number of hydrogen-bond donors (Lipinski definition) is 2. The van der Waals surface area contributed by atoms with Gasteiger partial charge in [0, 0.05) is 23.6 Å². The van der Waals surface area contributed by atoms with Gasteiger partial charge in [0.25, 0.3) is 5.91 Å². The molecule has 3 rings (SSSR count). The maximum atomic E-state index is 12.3. The molecule has 1 amide bonds. The summed E-state index contributed by atoms with van der Waals surface area (Å²) in [5.41, 5.74) is 4.03. The number of carbonyl (C=O) groups excluding carboxylic acids is 1. The predicted molar refractivity (Wildman–Crippen MR) is 106 cm³/mol. The van der Waals surface area contributed by atoms with E-state index in [4.69, 9.17) is 4.74 Å². The number of methoxy groups -OCH3 is 1. The molecule has 5 nitrogen and oxygen atoms in total. The highest BCUT2D eigenvalue weighted by atomic mass is 16.5. The largest absolute Gasteiger partial charge is 0.496 e. The maximum Gasteiger partial charge on any atom is 0.261 e. The van der Waals surface area contributed by atoms with Gasteiger partial charge in [-0.05, 0) is 54.3 Å².